The summed E-state index contributed by atoms with van der Waals surface area (Å²) in [5, 5.41) is 4.77. The van der Waals surface area contributed by atoms with Crippen LogP contribution in [0.2, 0.25) is 0 Å². The predicted molar refractivity (Wildman–Crippen MR) is 208 cm³/mol. The Morgan fingerprint density at radius 2 is 1.04 bits per heavy atom. The molecule has 3 nitrogen and oxygen atoms in total. The van der Waals surface area contributed by atoms with Crippen molar-refractivity contribution in [2.24, 2.45) is 0 Å². The normalized spacial score (nSPS) is 13.2. The van der Waals surface area contributed by atoms with E-state index in [4.69, 9.17) is 9.97 Å². The molecular formula is C47H33N3. The minimum absolute atomic E-state index is 0.0992. The second-order valence-corrected chi connectivity index (χ2v) is 13.9. The molecule has 3 heteroatoms. The second kappa shape index (κ2) is 10.8. The molecule has 0 unspecified atom stereocenters. The monoisotopic (exact) mass is 639 g/mol. The molecule has 10 rings (SSSR count). The lowest BCUT2D eigenvalue weighted by atomic mass is 9.81. The van der Waals surface area contributed by atoms with E-state index in [1.165, 1.54) is 49.4 Å². The van der Waals surface area contributed by atoms with Crippen LogP contribution in [0.3, 0.4) is 0 Å². The van der Waals surface area contributed by atoms with Gasteiger partial charge in [0, 0.05) is 32.9 Å². The third-order valence-electron chi connectivity index (χ3n) is 10.6. The molecule has 0 saturated heterocycles. The number of hydrogen-bond donors (Lipinski definition) is 0. The molecule has 0 fully saturated rings. The van der Waals surface area contributed by atoms with Crippen LogP contribution >= 0.6 is 0 Å². The largest absolute Gasteiger partial charge is 0.277 e. The summed E-state index contributed by atoms with van der Waals surface area (Å²) < 4.78 is 2.30. The second-order valence-electron chi connectivity index (χ2n) is 13.9. The van der Waals surface area contributed by atoms with Crippen molar-refractivity contribution in [2.75, 3.05) is 0 Å². The zero-order valence-electron chi connectivity index (χ0n) is 27.9. The number of benzene rings is 7. The van der Waals surface area contributed by atoms with Gasteiger partial charge in [-0.05, 0) is 62.9 Å². The number of fused-ring (bicyclic) bond motifs is 7. The van der Waals surface area contributed by atoms with Gasteiger partial charge in [-0.25, -0.2) is 9.97 Å². The third kappa shape index (κ3) is 4.30. The minimum Gasteiger partial charge on any atom is -0.277 e. The van der Waals surface area contributed by atoms with E-state index in [1.807, 2.05) is 12.1 Å². The van der Waals surface area contributed by atoms with Gasteiger partial charge in [0.25, 0.3) is 0 Å². The maximum Gasteiger partial charge on any atom is 0.235 e. The van der Waals surface area contributed by atoms with Gasteiger partial charge in [0.1, 0.15) is 0 Å². The average Bonchev–Trinajstić information content (AvgIpc) is 3.62. The summed E-state index contributed by atoms with van der Waals surface area (Å²) in [6, 6.07) is 58.8. The van der Waals surface area contributed by atoms with Crippen molar-refractivity contribution >= 4 is 32.6 Å². The van der Waals surface area contributed by atoms with Crippen molar-refractivity contribution in [1.82, 2.24) is 14.5 Å². The molecule has 9 aromatic rings. The Kier molecular flexibility index (Phi) is 6.22. The van der Waals surface area contributed by atoms with E-state index < -0.39 is 0 Å². The van der Waals surface area contributed by atoms with Crippen LogP contribution in [-0.2, 0) is 5.41 Å². The van der Waals surface area contributed by atoms with Gasteiger partial charge in [-0.2, -0.15) is 0 Å². The number of aromatic nitrogens is 3. The lowest BCUT2D eigenvalue weighted by Crippen LogP contribution is -2.14. The summed E-state index contributed by atoms with van der Waals surface area (Å²) in [5.41, 5.74) is 13.7. The van der Waals surface area contributed by atoms with E-state index in [2.05, 4.69) is 170 Å². The SMILES string of the molecule is CC1(C)c2ccccc2-c2ccc(-c3cccc4c5cc6ccccc6cc5n(-c5nc(-c6ccccc6)cc(-c6ccccc6)n5)c34)cc21. The van der Waals surface area contributed by atoms with Crippen LogP contribution in [0.15, 0.2) is 164 Å². The van der Waals surface area contributed by atoms with Gasteiger partial charge in [0.15, 0.2) is 0 Å². The Hall–Kier alpha value is -6.32. The van der Waals surface area contributed by atoms with Crippen LogP contribution in [0.5, 0.6) is 0 Å². The molecular weight excluding hydrogens is 607 g/mol. The summed E-state index contributed by atoms with van der Waals surface area (Å²) >= 11 is 0. The van der Waals surface area contributed by atoms with E-state index in [0.29, 0.717) is 5.95 Å². The van der Waals surface area contributed by atoms with E-state index >= 15 is 0 Å². The number of rotatable bonds is 4. The molecule has 0 bridgehead atoms. The molecule has 7 aromatic carbocycles. The first-order chi connectivity index (χ1) is 24.5. The smallest absolute Gasteiger partial charge is 0.235 e. The predicted octanol–water partition coefficient (Wildman–Crippen LogP) is 12.0. The number of nitrogens with zero attached hydrogens (tertiary/aromatic N) is 3. The highest BCUT2D eigenvalue weighted by atomic mass is 15.2. The molecule has 0 atom stereocenters. The topological polar surface area (TPSA) is 30.7 Å². The molecule has 0 aliphatic heterocycles. The Morgan fingerprint density at radius 3 is 1.76 bits per heavy atom. The molecule has 236 valence electrons. The summed E-state index contributed by atoms with van der Waals surface area (Å²) in [7, 11) is 0. The summed E-state index contributed by atoms with van der Waals surface area (Å²) in [4.78, 5) is 10.7. The van der Waals surface area contributed by atoms with Crippen molar-refractivity contribution in [3.05, 3.63) is 175 Å². The first kappa shape index (κ1) is 28.7. The van der Waals surface area contributed by atoms with Crippen LogP contribution in [0.1, 0.15) is 25.0 Å². The van der Waals surface area contributed by atoms with Crippen molar-refractivity contribution in [3.63, 3.8) is 0 Å². The van der Waals surface area contributed by atoms with Crippen LogP contribution in [0.4, 0.5) is 0 Å². The molecule has 2 aromatic heterocycles. The van der Waals surface area contributed by atoms with Gasteiger partial charge < -0.3 is 0 Å². The number of hydrogen-bond acceptors (Lipinski definition) is 2. The zero-order valence-corrected chi connectivity index (χ0v) is 27.9. The van der Waals surface area contributed by atoms with E-state index in [9.17, 15) is 0 Å². The van der Waals surface area contributed by atoms with Gasteiger partial charge in [-0.1, -0.05) is 153 Å². The highest BCUT2D eigenvalue weighted by Crippen LogP contribution is 2.50. The zero-order chi connectivity index (χ0) is 33.4. The fraction of sp³-hybridized carbons (Fsp3) is 0.0638. The molecule has 1 aliphatic carbocycles. The maximum atomic E-state index is 5.35. The maximum absolute atomic E-state index is 5.35. The fourth-order valence-corrected chi connectivity index (χ4v) is 8.11. The van der Waals surface area contributed by atoms with E-state index in [0.717, 1.165) is 39.1 Å². The standard InChI is InChI=1S/C47H33N3/c1-47(2)40-23-12-11-20-36(40)37-25-24-34(27-41(37)47)35-21-13-22-38-39-26-32-18-9-10-19-33(32)28-44(39)50(45(35)38)46-48-42(30-14-5-3-6-15-30)29-43(49-46)31-16-7-4-8-17-31/h3-29H,1-2H3. The third-order valence-corrected chi connectivity index (χ3v) is 10.6. The average molecular weight is 640 g/mol. The highest BCUT2D eigenvalue weighted by Gasteiger charge is 2.35. The lowest BCUT2D eigenvalue weighted by Gasteiger charge is -2.22. The van der Waals surface area contributed by atoms with Gasteiger partial charge in [-0.15, -0.1) is 0 Å². The molecule has 1 aliphatic rings. The molecule has 0 saturated carbocycles. The molecule has 2 heterocycles. The molecule has 0 spiro atoms. The van der Waals surface area contributed by atoms with Gasteiger partial charge in [0.05, 0.1) is 22.4 Å². The number of para-hydroxylation sites is 1. The molecule has 50 heavy (non-hydrogen) atoms. The van der Waals surface area contributed by atoms with Gasteiger partial charge in [0.2, 0.25) is 5.95 Å². The van der Waals surface area contributed by atoms with Gasteiger partial charge in [-0.3, -0.25) is 4.57 Å². The summed E-state index contributed by atoms with van der Waals surface area (Å²) in [5.74, 6) is 0.654. The first-order valence-corrected chi connectivity index (χ1v) is 17.3. The van der Waals surface area contributed by atoms with Crippen molar-refractivity contribution in [2.45, 2.75) is 19.3 Å². The van der Waals surface area contributed by atoms with Crippen molar-refractivity contribution in [1.29, 1.82) is 0 Å². The Morgan fingerprint density at radius 1 is 0.440 bits per heavy atom. The summed E-state index contributed by atoms with van der Waals surface area (Å²) in [6.45, 7) is 4.69. The molecule has 0 radical (unpaired) electrons. The minimum atomic E-state index is -0.0992. The summed E-state index contributed by atoms with van der Waals surface area (Å²) in [6.07, 6.45) is 0. The fourth-order valence-electron chi connectivity index (χ4n) is 8.11. The van der Waals surface area contributed by atoms with Crippen LogP contribution < -0.4 is 0 Å². The van der Waals surface area contributed by atoms with Crippen molar-refractivity contribution in [3.8, 4) is 50.7 Å². The Bertz CT molecular complexity index is 2720. The molecule has 0 amide bonds. The van der Waals surface area contributed by atoms with Crippen molar-refractivity contribution < 1.29 is 0 Å². The van der Waals surface area contributed by atoms with E-state index in [-0.39, 0.29) is 5.41 Å². The van der Waals surface area contributed by atoms with E-state index in [1.54, 1.807) is 0 Å². The highest BCUT2D eigenvalue weighted by molar-refractivity contribution is 6.17. The quantitative estimate of drug-likeness (QED) is 0.192. The first-order valence-electron chi connectivity index (χ1n) is 17.3. The molecule has 0 N–H and O–H groups in total. The Labute approximate surface area is 291 Å². The Balaban J connectivity index is 1.30. The van der Waals surface area contributed by atoms with Crippen LogP contribution in [-0.4, -0.2) is 14.5 Å². The van der Waals surface area contributed by atoms with Crippen LogP contribution in [0.25, 0.3) is 83.3 Å². The lowest BCUT2D eigenvalue weighted by molar-refractivity contribution is 0.660. The van der Waals surface area contributed by atoms with Crippen LogP contribution in [0, 0.1) is 0 Å². The van der Waals surface area contributed by atoms with Gasteiger partial charge >= 0.3 is 0 Å².